The fraction of sp³-hybridized carbons (Fsp3) is 0.176. The summed E-state index contributed by atoms with van der Waals surface area (Å²) in [5.74, 6) is -2.05. The van der Waals surface area contributed by atoms with Crippen LogP contribution < -0.4 is 14.8 Å². The topological polar surface area (TPSA) is 64.6 Å². The zero-order valence-corrected chi connectivity index (χ0v) is 12.8. The van der Waals surface area contributed by atoms with E-state index in [2.05, 4.69) is 5.32 Å². The number of halogens is 2. The Morgan fingerprint density at radius 1 is 1.04 bits per heavy atom. The molecular weight excluding hydrogens is 320 g/mol. The summed E-state index contributed by atoms with van der Waals surface area (Å²) in [6.07, 6.45) is -0.0966. The maximum Gasteiger partial charge on any atom is 0.312 e. The average molecular weight is 335 g/mol. The van der Waals surface area contributed by atoms with Crippen LogP contribution in [0.1, 0.15) is 16.8 Å². The first kappa shape index (κ1) is 17.4. The highest BCUT2D eigenvalue weighted by Crippen LogP contribution is 2.17. The number of hydrogen-bond acceptors (Lipinski definition) is 4. The van der Waals surface area contributed by atoms with Crippen LogP contribution in [0.4, 0.5) is 8.78 Å². The Morgan fingerprint density at radius 2 is 1.71 bits per heavy atom. The van der Waals surface area contributed by atoms with Crippen molar-refractivity contribution in [3.8, 4) is 11.5 Å². The second-order valence-corrected chi connectivity index (χ2v) is 4.78. The number of amides is 1. The second-order valence-electron chi connectivity index (χ2n) is 4.78. The van der Waals surface area contributed by atoms with E-state index in [9.17, 15) is 18.4 Å². The highest BCUT2D eigenvalue weighted by Gasteiger charge is 2.13. The number of esters is 1. The van der Waals surface area contributed by atoms with E-state index < -0.39 is 23.5 Å². The van der Waals surface area contributed by atoms with Gasteiger partial charge in [0.1, 0.15) is 23.1 Å². The summed E-state index contributed by atoms with van der Waals surface area (Å²) in [6, 6.07) is 9.06. The van der Waals surface area contributed by atoms with Gasteiger partial charge in [0.2, 0.25) is 0 Å². The lowest BCUT2D eigenvalue weighted by molar-refractivity contribution is -0.134. The molecule has 0 fully saturated rings. The number of hydrogen-bond donors (Lipinski definition) is 1. The molecule has 0 aliphatic rings. The van der Waals surface area contributed by atoms with Crippen molar-refractivity contribution in [2.75, 3.05) is 13.7 Å². The van der Waals surface area contributed by atoms with Crippen molar-refractivity contribution in [3.63, 3.8) is 0 Å². The van der Waals surface area contributed by atoms with Crippen molar-refractivity contribution in [1.82, 2.24) is 5.32 Å². The molecule has 0 spiro atoms. The number of carbonyl (C=O) groups is 2. The van der Waals surface area contributed by atoms with Gasteiger partial charge in [-0.2, -0.15) is 0 Å². The van der Waals surface area contributed by atoms with Crippen LogP contribution in [-0.2, 0) is 4.79 Å². The molecule has 0 heterocycles. The van der Waals surface area contributed by atoms with E-state index in [0.717, 1.165) is 12.1 Å². The van der Waals surface area contributed by atoms with Crippen molar-refractivity contribution >= 4 is 11.9 Å². The van der Waals surface area contributed by atoms with Crippen LogP contribution in [0.2, 0.25) is 0 Å². The maximum atomic E-state index is 13.4. The van der Waals surface area contributed by atoms with E-state index in [1.807, 2.05) is 0 Å². The van der Waals surface area contributed by atoms with Crippen molar-refractivity contribution in [2.45, 2.75) is 6.42 Å². The molecule has 7 heteroatoms. The number of carbonyl (C=O) groups excluding carboxylic acids is 2. The molecule has 0 aromatic heterocycles. The third-order valence-corrected chi connectivity index (χ3v) is 3.08. The average Bonchev–Trinajstić information content (AvgIpc) is 2.55. The van der Waals surface area contributed by atoms with Gasteiger partial charge in [-0.25, -0.2) is 8.78 Å². The van der Waals surface area contributed by atoms with Crippen molar-refractivity contribution in [1.29, 1.82) is 0 Å². The van der Waals surface area contributed by atoms with Gasteiger partial charge in [-0.15, -0.1) is 0 Å². The molecule has 2 aromatic rings. The number of benzene rings is 2. The Kier molecular flexibility index (Phi) is 5.83. The summed E-state index contributed by atoms with van der Waals surface area (Å²) in [4.78, 5) is 23.4. The van der Waals surface area contributed by atoms with Gasteiger partial charge in [-0.3, -0.25) is 9.59 Å². The summed E-state index contributed by atoms with van der Waals surface area (Å²) in [5.41, 5.74) is -0.292. The molecular formula is C17H15F2NO4. The van der Waals surface area contributed by atoms with Gasteiger partial charge in [0.25, 0.3) is 5.91 Å². The number of ether oxygens (including phenoxy) is 2. The quantitative estimate of drug-likeness (QED) is 0.651. The van der Waals surface area contributed by atoms with Crippen LogP contribution in [-0.4, -0.2) is 25.5 Å². The first-order valence-corrected chi connectivity index (χ1v) is 7.07. The SMILES string of the molecule is COc1ccc(OC(=O)CCNC(=O)c2ccc(F)cc2F)cc1. The fourth-order valence-electron chi connectivity index (χ4n) is 1.87. The standard InChI is InChI=1S/C17H15F2NO4/c1-23-12-3-5-13(6-4-12)24-16(21)8-9-20-17(22)14-7-2-11(18)10-15(14)19/h2-7,10H,8-9H2,1H3,(H,20,22). The Balaban J connectivity index is 1.80. The zero-order valence-electron chi connectivity index (χ0n) is 12.8. The first-order chi connectivity index (χ1) is 11.5. The molecule has 2 aromatic carbocycles. The van der Waals surface area contributed by atoms with E-state index in [-0.39, 0.29) is 18.5 Å². The van der Waals surface area contributed by atoms with Crippen molar-refractivity contribution < 1.29 is 27.8 Å². The van der Waals surface area contributed by atoms with Gasteiger partial charge in [0.05, 0.1) is 19.1 Å². The van der Waals surface area contributed by atoms with Crippen LogP contribution in [0.5, 0.6) is 11.5 Å². The van der Waals surface area contributed by atoms with Crippen molar-refractivity contribution in [2.24, 2.45) is 0 Å². The van der Waals surface area contributed by atoms with Gasteiger partial charge >= 0.3 is 5.97 Å². The third-order valence-electron chi connectivity index (χ3n) is 3.08. The van der Waals surface area contributed by atoms with Gasteiger partial charge in [-0.05, 0) is 36.4 Å². The molecule has 0 aliphatic heterocycles. The smallest absolute Gasteiger partial charge is 0.312 e. The number of nitrogens with one attached hydrogen (secondary N) is 1. The Labute approximate surface area is 137 Å². The van der Waals surface area contributed by atoms with Crippen LogP contribution >= 0.6 is 0 Å². The van der Waals surface area contributed by atoms with E-state index >= 15 is 0 Å². The second kappa shape index (κ2) is 8.05. The molecule has 0 aliphatic carbocycles. The first-order valence-electron chi connectivity index (χ1n) is 7.07. The van der Waals surface area contributed by atoms with Gasteiger partial charge < -0.3 is 14.8 Å². The molecule has 5 nitrogen and oxygen atoms in total. The van der Waals surface area contributed by atoms with Crippen LogP contribution in [0, 0.1) is 11.6 Å². The molecule has 24 heavy (non-hydrogen) atoms. The number of methoxy groups -OCH3 is 1. The molecule has 0 unspecified atom stereocenters. The molecule has 0 atom stereocenters. The largest absolute Gasteiger partial charge is 0.497 e. The summed E-state index contributed by atoms with van der Waals surface area (Å²) >= 11 is 0. The summed E-state index contributed by atoms with van der Waals surface area (Å²) in [5, 5.41) is 2.37. The van der Waals surface area contributed by atoms with E-state index in [0.29, 0.717) is 17.6 Å². The Bertz CT molecular complexity index is 732. The summed E-state index contributed by atoms with van der Waals surface area (Å²) in [7, 11) is 1.52. The summed E-state index contributed by atoms with van der Waals surface area (Å²) in [6.45, 7) is -0.0371. The maximum absolute atomic E-state index is 13.4. The predicted octanol–water partition coefficient (Wildman–Crippen LogP) is 2.70. The molecule has 2 rings (SSSR count). The van der Waals surface area contributed by atoms with Gasteiger partial charge in [0.15, 0.2) is 0 Å². The molecule has 1 amide bonds. The fourth-order valence-corrected chi connectivity index (χ4v) is 1.87. The molecule has 0 radical (unpaired) electrons. The third kappa shape index (κ3) is 4.77. The lowest BCUT2D eigenvalue weighted by Gasteiger charge is -2.07. The minimum Gasteiger partial charge on any atom is -0.497 e. The number of rotatable bonds is 6. The minimum absolute atomic E-state index is 0.0371. The van der Waals surface area contributed by atoms with E-state index in [1.165, 1.54) is 7.11 Å². The van der Waals surface area contributed by atoms with E-state index in [4.69, 9.17) is 9.47 Å². The molecule has 0 saturated heterocycles. The van der Waals surface area contributed by atoms with E-state index in [1.54, 1.807) is 24.3 Å². The monoisotopic (exact) mass is 335 g/mol. The summed E-state index contributed by atoms with van der Waals surface area (Å²) < 4.78 is 36.3. The molecule has 1 N–H and O–H groups in total. The lowest BCUT2D eigenvalue weighted by atomic mass is 10.2. The lowest BCUT2D eigenvalue weighted by Crippen LogP contribution is -2.27. The zero-order chi connectivity index (χ0) is 17.5. The van der Waals surface area contributed by atoms with Crippen LogP contribution in [0.3, 0.4) is 0 Å². The van der Waals surface area contributed by atoms with Crippen LogP contribution in [0.25, 0.3) is 0 Å². The highest BCUT2D eigenvalue weighted by atomic mass is 19.1. The van der Waals surface area contributed by atoms with Gasteiger partial charge in [0, 0.05) is 12.6 Å². The molecule has 0 saturated carbocycles. The predicted molar refractivity (Wildman–Crippen MR) is 81.9 cm³/mol. The molecule has 126 valence electrons. The molecule has 0 bridgehead atoms. The van der Waals surface area contributed by atoms with Crippen molar-refractivity contribution in [3.05, 3.63) is 59.7 Å². The normalized spacial score (nSPS) is 10.1. The Hall–Kier alpha value is -2.96. The van der Waals surface area contributed by atoms with Gasteiger partial charge in [-0.1, -0.05) is 0 Å². The Morgan fingerprint density at radius 3 is 2.33 bits per heavy atom. The van der Waals surface area contributed by atoms with Crippen LogP contribution in [0.15, 0.2) is 42.5 Å². The highest BCUT2D eigenvalue weighted by molar-refractivity contribution is 5.94. The minimum atomic E-state index is -0.965.